The maximum absolute atomic E-state index is 13.7. The topological polar surface area (TPSA) is 109 Å². The lowest BCUT2D eigenvalue weighted by Crippen LogP contribution is -2.42. The Morgan fingerprint density at radius 1 is 1.36 bits per heavy atom. The van der Waals surface area contributed by atoms with Gasteiger partial charge >= 0.3 is 5.97 Å². The summed E-state index contributed by atoms with van der Waals surface area (Å²) in [4.78, 5) is 31.9. The van der Waals surface area contributed by atoms with Crippen molar-refractivity contribution in [3.63, 3.8) is 0 Å². The highest BCUT2D eigenvalue weighted by atomic mass is 35.5. The van der Waals surface area contributed by atoms with Crippen LogP contribution in [0, 0.1) is 0 Å². The summed E-state index contributed by atoms with van der Waals surface area (Å²) in [5.74, 6) is -0.323. The Morgan fingerprint density at radius 3 is 2.82 bits per heavy atom. The molecule has 2 aliphatic rings. The molecule has 3 atom stereocenters. The molecule has 13 heteroatoms. The highest BCUT2D eigenvalue weighted by Crippen LogP contribution is 2.28. The minimum absolute atomic E-state index is 0.130. The molecule has 39 heavy (non-hydrogen) atoms. The van der Waals surface area contributed by atoms with Crippen molar-refractivity contribution in [3.8, 4) is 0 Å². The predicted molar refractivity (Wildman–Crippen MR) is 146 cm³/mol. The maximum atomic E-state index is 13.7. The number of aliphatic hydroxyl groups excluding tert-OH is 1. The number of aryl methyl sites for hydroxylation is 2. The van der Waals surface area contributed by atoms with Crippen LogP contribution in [0.4, 0.5) is 10.1 Å². The number of anilines is 1. The normalized spacial score (nSPS) is 21.3. The molecule has 2 aliphatic heterocycles. The van der Waals surface area contributed by atoms with Gasteiger partial charge in [0.1, 0.15) is 30.6 Å². The third-order valence-corrected chi connectivity index (χ3v) is 7.11. The van der Waals surface area contributed by atoms with Crippen molar-refractivity contribution in [3.05, 3.63) is 48.5 Å². The van der Waals surface area contributed by atoms with Crippen LogP contribution in [0.1, 0.15) is 25.1 Å². The van der Waals surface area contributed by atoms with E-state index in [1.54, 1.807) is 0 Å². The summed E-state index contributed by atoms with van der Waals surface area (Å²) in [5, 5.41) is 12.6. The number of ether oxygens (including phenoxy) is 2. The van der Waals surface area contributed by atoms with E-state index in [9.17, 15) is 19.1 Å². The van der Waals surface area contributed by atoms with Gasteiger partial charge in [0.25, 0.3) is 5.91 Å². The van der Waals surface area contributed by atoms with Gasteiger partial charge in [-0.3, -0.25) is 9.59 Å². The molecule has 0 saturated carbocycles. The molecular formula is C26H32Cl2FN5O5. The Bertz CT molecular complexity index is 1250. The van der Waals surface area contributed by atoms with Crippen molar-refractivity contribution in [2.24, 2.45) is 7.05 Å². The average Bonchev–Trinajstić information content (AvgIpc) is 3.43. The largest absolute Gasteiger partial charge is 0.463 e. The number of hydrogen-bond donors (Lipinski definition) is 2. The Balaban J connectivity index is 1.26. The first kappa shape index (κ1) is 29.1. The number of aromatic nitrogens is 2. The summed E-state index contributed by atoms with van der Waals surface area (Å²) in [7, 11) is 1.94. The third kappa shape index (κ3) is 6.84. The molecule has 212 valence electrons. The van der Waals surface area contributed by atoms with Crippen molar-refractivity contribution < 1.29 is 28.6 Å². The molecule has 1 fully saturated rings. The number of halogens is 3. The molecule has 0 aliphatic carbocycles. The van der Waals surface area contributed by atoms with Gasteiger partial charge in [-0.15, -0.1) is 23.2 Å². The molecule has 3 heterocycles. The number of fused-ring (bicyclic) bond motifs is 1. The first-order chi connectivity index (χ1) is 18.7. The quantitative estimate of drug-likeness (QED) is 0.290. The van der Waals surface area contributed by atoms with E-state index >= 15 is 0 Å². The van der Waals surface area contributed by atoms with E-state index in [0.717, 1.165) is 28.7 Å². The lowest BCUT2D eigenvalue weighted by molar-refractivity contribution is -0.150. The number of amides is 1. The molecule has 0 bridgehead atoms. The Morgan fingerprint density at radius 2 is 2.10 bits per heavy atom. The van der Waals surface area contributed by atoms with Crippen LogP contribution in [-0.2, 0) is 32.5 Å². The standard InChI is InChI=1S/C26H32Cl2FN5O5/c1-16-30-26(37)18(29)14-34(16)24-13-21(35)22(39-24)15-38-25(36)5-3-4-23-31-19-12-17(6-7-20(19)32(23)2)33(10-8-27)11-9-28/h6-7,12,14,21-22,24,35H,1,3-5,8-11,13,15H2,2H3,(H,30,37)/t21-,22-,24?/m1/s1. The van der Waals surface area contributed by atoms with E-state index in [1.165, 1.54) is 4.90 Å². The molecule has 2 aromatic rings. The first-order valence-electron chi connectivity index (χ1n) is 12.7. The second-order valence-corrected chi connectivity index (χ2v) is 10.1. The van der Waals surface area contributed by atoms with Crippen LogP contribution in [0.2, 0.25) is 0 Å². The van der Waals surface area contributed by atoms with Gasteiger partial charge in [-0.2, -0.15) is 4.39 Å². The Labute approximate surface area is 235 Å². The summed E-state index contributed by atoms with van der Waals surface area (Å²) >= 11 is 11.9. The lowest BCUT2D eigenvalue weighted by atomic mass is 10.2. The van der Waals surface area contributed by atoms with Crippen molar-refractivity contribution in [2.45, 2.75) is 44.1 Å². The van der Waals surface area contributed by atoms with E-state index in [0.29, 0.717) is 37.7 Å². The average molecular weight is 584 g/mol. The number of nitrogens with one attached hydrogen (secondary N) is 1. The summed E-state index contributed by atoms with van der Waals surface area (Å²) in [6.45, 7) is 4.90. The van der Waals surface area contributed by atoms with E-state index < -0.39 is 36.1 Å². The molecule has 2 N–H and O–H groups in total. The molecule has 1 amide bonds. The molecule has 1 unspecified atom stereocenters. The van der Waals surface area contributed by atoms with Gasteiger partial charge < -0.3 is 34.3 Å². The fourth-order valence-electron chi connectivity index (χ4n) is 4.68. The summed E-state index contributed by atoms with van der Waals surface area (Å²) in [6.07, 6.45) is -0.0858. The van der Waals surface area contributed by atoms with E-state index in [2.05, 4.69) is 16.8 Å². The zero-order valence-electron chi connectivity index (χ0n) is 21.6. The van der Waals surface area contributed by atoms with E-state index in [4.69, 9.17) is 37.7 Å². The molecule has 0 radical (unpaired) electrons. The molecule has 0 spiro atoms. The van der Waals surface area contributed by atoms with Crippen molar-refractivity contribution in [1.82, 2.24) is 19.8 Å². The number of alkyl halides is 2. The van der Waals surface area contributed by atoms with Gasteiger partial charge in [-0.05, 0) is 24.6 Å². The van der Waals surface area contributed by atoms with Crippen LogP contribution < -0.4 is 10.2 Å². The molecule has 10 nitrogen and oxygen atoms in total. The highest BCUT2D eigenvalue weighted by Gasteiger charge is 2.39. The number of carbonyl (C=O) groups is 2. The molecule has 1 aromatic heterocycles. The third-order valence-electron chi connectivity index (χ3n) is 6.77. The van der Waals surface area contributed by atoms with Crippen LogP contribution >= 0.6 is 23.2 Å². The maximum Gasteiger partial charge on any atom is 0.305 e. The number of rotatable bonds is 12. The highest BCUT2D eigenvalue weighted by molar-refractivity contribution is 6.18. The van der Waals surface area contributed by atoms with Crippen LogP contribution in [0.3, 0.4) is 0 Å². The number of carbonyl (C=O) groups excluding carboxylic acids is 2. The fraction of sp³-hybridized carbons (Fsp3) is 0.500. The van der Waals surface area contributed by atoms with Gasteiger partial charge in [-0.1, -0.05) is 6.58 Å². The summed E-state index contributed by atoms with van der Waals surface area (Å²) in [5.41, 5.74) is 2.85. The monoisotopic (exact) mass is 583 g/mol. The zero-order chi connectivity index (χ0) is 28.1. The summed E-state index contributed by atoms with van der Waals surface area (Å²) in [6, 6.07) is 6.06. The number of imidazole rings is 1. The second-order valence-electron chi connectivity index (χ2n) is 9.38. The summed E-state index contributed by atoms with van der Waals surface area (Å²) < 4.78 is 26.8. The van der Waals surface area contributed by atoms with Gasteiger partial charge in [0.2, 0.25) is 5.83 Å². The SMILES string of the molecule is C=C1NC(=O)C(F)=CN1C1C[C@@H](O)[C@@H](COC(=O)CCCc2nc3cc(N(CCCl)CCCl)ccc3n2C)O1. The van der Waals surface area contributed by atoms with Gasteiger partial charge in [0.15, 0.2) is 0 Å². The Kier molecular flexibility index (Phi) is 9.71. The second kappa shape index (κ2) is 13.0. The van der Waals surface area contributed by atoms with E-state index in [-0.39, 0.29) is 25.3 Å². The van der Waals surface area contributed by atoms with Crippen LogP contribution in [0.5, 0.6) is 0 Å². The van der Waals surface area contributed by atoms with Crippen LogP contribution in [0.15, 0.2) is 42.6 Å². The van der Waals surface area contributed by atoms with Gasteiger partial charge in [0, 0.05) is 63.0 Å². The molecular weight excluding hydrogens is 552 g/mol. The number of nitrogens with zero attached hydrogens (tertiary/aromatic N) is 4. The van der Waals surface area contributed by atoms with Crippen molar-refractivity contribution in [2.75, 3.05) is 36.4 Å². The number of hydrogen-bond acceptors (Lipinski definition) is 8. The number of benzene rings is 1. The number of esters is 1. The van der Waals surface area contributed by atoms with Crippen LogP contribution in [0.25, 0.3) is 11.0 Å². The Hall–Kier alpha value is -2.86. The van der Waals surface area contributed by atoms with Crippen molar-refractivity contribution >= 4 is 51.8 Å². The minimum Gasteiger partial charge on any atom is -0.463 e. The number of aliphatic hydroxyl groups is 1. The predicted octanol–water partition coefficient (Wildman–Crippen LogP) is 2.91. The molecule has 1 saturated heterocycles. The lowest BCUT2D eigenvalue weighted by Gasteiger charge is -2.31. The first-order valence-corrected chi connectivity index (χ1v) is 13.8. The van der Waals surface area contributed by atoms with Crippen molar-refractivity contribution in [1.29, 1.82) is 0 Å². The van der Waals surface area contributed by atoms with Crippen LogP contribution in [-0.4, -0.2) is 81.3 Å². The molecule has 4 rings (SSSR count). The minimum atomic E-state index is -0.990. The van der Waals surface area contributed by atoms with E-state index in [1.807, 2.05) is 29.8 Å². The van der Waals surface area contributed by atoms with Gasteiger partial charge in [-0.25, -0.2) is 4.98 Å². The zero-order valence-corrected chi connectivity index (χ0v) is 23.1. The molecule has 1 aromatic carbocycles. The smallest absolute Gasteiger partial charge is 0.305 e. The van der Waals surface area contributed by atoms with Gasteiger partial charge in [0.05, 0.1) is 17.1 Å². The fourth-order valence-corrected chi connectivity index (χ4v) is 5.09.